The lowest BCUT2D eigenvalue weighted by Crippen LogP contribution is -2.30. The monoisotopic (exact) mass is 218 g/mol. The Morgan fingerprint density at radius 3 is 2.36 bits per heavy atom. The van der Waals surface area contributed by atoms with Crippen LogP contribution >= 0.6 is 11.8 Å². The predicted octanol–water partition coefficient (Wildman–Crippen LogP) is 3.55. The lowest BCUT2D eigenvalue weighted by atomic mass is 10.1. The average Bonchev–Trinajstić information content (AvgIpc) is 2.17. The molecule has 0 saturated carbocycles. The first kappa shape index (κ1) is 13.8. The van der Waals surface area contributed by atoms with Crippen LogP contribution in [0.3, 0.4) is 0 Å². The Morgan fingerprint density at radius 1 is 1.29 bits per heavy atom. The molecule has 0 aromatic heterocycles. The molecule has 0 aliphatic carbocycles. The van der Waals surface area contributed by atoms with Crippen molar-refractivity contribution in [2.45, 2.75) is 57.6 Å². The Balaban J connectivity index is 3.68. The Kier molecular flexibility index (Phi) is 7.06. The molecule has 0 bridgehead atoms. The van der Waals surface area contributed by atoms with Gasteiger partial charge < -0.3 is 5.11 Å². The van der Waals surface area contributed by atoms with Crippen LogP contribution in [0.25, 0.3) is 0 Å². The number of carboxylic acids is 1. The standard InChI is InChI=1S/C11H22O2S/c1-4-6-7-8-9-14-11(3,5-2)10(12)13/h4-9H2,1-3H3,(H,12,13). The van der Waals surface area contributed by atoms with Crippen LogP contribution in [0.1, 0.15) is 52.9 Å². The molecule has 3 heteroatoms. The van der Waals surface area contributed by atoms with Gasteiger partial charge in [-0.15, -0.1) is 11.8 Å². The maximum atomic E-state index is 11.0. The zero-order valence-corrected chi connectivity index (χ0v) is 10.3. The van der Waals surface area contributed by atoms with Gasteiger partial charge in [0.2, 0.25) is 0 Å². The van der Waals surface area contributed by atoms with Gasteiger partial charge in [0.25, 0.3) is 0 Å². The number of rotatable bonds is 8. The minimum Gasteiger partial charge on any atom is -0.480 e. The van der Waals surface area contributed by atoms with Crippen LogP contribution in [-0.2, 0) is 4.79 Å². The summed E-state index contributed by atoms with van der Waals surface area (Å²) in [6.07, 6.45) is 5.55. The molecule has 1 unspecified atom stereocenters. The summed E-state index contributed by atoms with van der Waals surface area (Å²) in [4.78, 5) is 11.0. The molecule has 0 aliphatic heterocycles. The summed E-state index contributed by atoms with van der Waals surface area (Å²) >= 11 is 1.58. The fraction of sp³-hybridized carbons (Fsp3) is 0.909. The second-order valence-corrected chi connectivity index (χ2v) is 5.40. The van der Waals surface area contributed by atoms with Gasteiger partial charge in [-0.05, 0) is 25.5 Å². The summed E-state index contributed by atoms with van der Waals surface area (Å²) in [5.74, 6) is 0.289. The molecule has 1 atom stereocenters. The van der Waals surface area contributed by atoms with Crippen molar-refractivity contribution < 1.29 is 9.90 Å². The average molecular weight is 218 g/mol. The first-order chi connectivity index (χ1) is 6.56. The predicted molar refractivity (Wildman–Crippen MR) is 62.9 cm³/mol. The number of hydrogen-bond acceptors (Lipinski definition) is 2. The van der Waals surface area contributed by atoms with E-state index in [-0.39, 0.29) is 0 Å². The van der Waals surface area contributed by atoms with Crippen LogP contribution in [0.4, 0.5) is 0 Å². The highest BCUT2D eigenvalue weighted by molar-refractivity contribution is 8.01. The second-order valence-electron chi connectivity index (χ2n) is 3.80. The highest BCUT2D eigenvalue weighted by atomic mass is 32.2. The first-order valence-corrected chi connectivity index (χ1v) is 6.42. The van der Waals surface area contributed by atoms with Gasteiger partial charge in [-0.1, -0.05) is 33.1 Å². The lowest BCUT2D eigenvalue weighted by molar-refractivity contribution is -0.139. The number of carbonyl (C=O) groups is 1. The SMILES string of the molecule is CCCCCCSC(C)(CC)C(=O)O. The molecule has 84 valence electrons. The van der Waals surface area contributed by atoms with E-state index in [1.54, 1.807) is 11.8 Å². The molecule has 0 aromatic carbocycles. The van der Waals surface area contributed by atoms with Gasteiger partial charge in [0, 0.05) is 0 Å². The van der Waals surface area contributed by atoms with Crippen LogP contribution in [0.15, 0.2) is 0 Å². The molecule has 0 rings (SSSR count). The number of carboxylic acid groups (broad SMARTS) is 1. The number of aliphatic carboxylic acids is 1. The molecule has 2 nitrogen and oxygen atoms in total. The molecule has 0 spiro atoms. The summed E-state index contributed by atoms with van der Waals surface area (Å²) in [6.45, 7) is 5.94. The van der Waals surface area contributed by atoms with E-state index in [2.05, 4.69) is 6.92 Å². The van der Waals surface area contributed by atoms with Crippen molar-refractivity contribution in [3.05, 3.63) is 0 Å². The molecular weight excluding hydrogens is 196 g/mol. The van der Waals surface area contributed by atoms with Gasteiger partial charge in [0.1, 0.15) is 4.75 Å². The van der Waals surface area contributed by atoms with Crippen molar-refractivity contribution in [3.8, 4) is 0 Å². The van der Waals surface area contributed by atoms with Crippen LogP contribution in [0.2, 0.25) is 0 Å². The summed E-state index contributed by atoms with van der Waals surface area (Å²) in [6, 6.07) is 0. The minimum atomic E-state index is -0.680. The van der Waals surface area contributed by atoms with Gasteiger partial charge in [-0.25, -0.2) is 0 Å². The van der Waals surface area contributed by atoms with Gasteiger partial charge in [0.05, 0.1) is 0 Å². The Bertz CT molecular complexity index is 171. The molecule has 0 saturated heterocycles. The second kappa shape index (κ2) is 7.16. The van der Waals surface area contributed by atoms with E-state index < -0.39 is 10.7 Å². The van der Waals surface area contributed by atoms with Crippen molar-refractivity contribution in [1.82, 2.24) is 0 Å². The normalized spacial score (nSPS) is 15.1. The van der Waals surface area contributed by atoms with E-state index >= 15 is 0 Å². The first-order valence-electron chi connectivity index (χ1n) is 5.44. The van der Waals surface area contributed by atoms with Gasteiger partial charge in [-0.2, -0.15) is 0 Å². The molecule has 0 fully saturated rings. The van der Waals surface area contributed by atoms with E-state index in [1.807, 2.05) is 13.8 Å². The highest BCUT2D eigenvalue weighted by Gasteiger charge is 2.30. The summed E-state index contributed by atoms with van der Waals surface area (Å²) < 4.78 is -0.577. The van der Waals surface area contributed by atoms with Crippen molar-refractivity contribution >= 4 is 17.7 Å². The number of unbranched alkanes of at least 4 members (excludes halogenated alkanes) is 3. The molecule has 0 radical (unpaired) electrons. The summed E-state index contributed by atoms with van der Waals surface area (Å²) in [5.41, 5.74) is 0. The Morgan fingerprint density at radius 2 is 1.93 bits per heavy atom. The molecule has 14 heavy (non-hydrogen) atoms. The fourth-order valence-corrected chi connectivity index (χ4v) is 2.27. The van der Waals surface area contributed by atoms with E-state index in [0.29, 0.717) is 6.42 Å². The van der Waals surface area contributed by atoms with Gasteiger partial charge in [0.15, 0.2) is 0 Å². The Hall–Kier alpha value is -0.180. The van der Waals surface area contributed by atoms with E-state index in [9.17, 15) is 4.79 Å². The zero-order chi connectivity index (χ0) is 11.0. The number of hydrogen-bond donors (Lipinski definition) is 1. The quantitative estimate of drug-likeness (QED) is 0.633. The smallest absolute Gasteiger partial charge is 0.319 e. The maximum absolute atomic E-state index is 11.0. The third-order valence-corrected chi connectivity index (χ3v) is 4.14. The van der Waals surface area contributed by atoms with E-state index in [1.165, 1.54) is 19.3 Å². The maximum Gasteiger partial charge on any atom is 0.319 e. The van der Waals surface area contributed by atoms with Crippen molar-refractivity contribution in [2.24, 2.45) is 0 Å². The number of thioether (sulfide) groups is 1. The van der Waals surface area contributed by atoms with Crippen LogP contribution in [0, 0.1) is 0 Å². The fourth-order valence-electron chi connectivity index (χ4n) is 1.14. The summed E-state index contributed by atoms with van der Waals surface area (Å²) in [7, 11) is 0. The largest absolute Gasteiger partial charge is 0.480 e. The molecule has 0 aromatic rings. The third-order valence-electron chi connectivity index (χ3n) is 2.55. The molecule has 0 amide bonds. The highest BCUT2D eigenvalue weighted by Crippen LogP contribution is 2.29. The van der Waals surface area contributed by atoms with Gasteiger partial charge in [-0.3, -0.25) is 4.79 Å². The summed E-state index contributed by atoms with van der Waals surface area (Å²) in [5, 5.41) is 9.01. The van der Waals surface area contributed by atoms with Crippen LogP contribution in [0.5, 0.6) is 0 Å². The van der Waals surface area contributed by atoms with Crippen LogP contribution < -0.4 is 0 Å². The van der Waals surface area contributed by atoms with Crippen molar-refractivity contribution in [2.75, 3.05) is 5.75 Å². The van der Waals surface area contributed by atoms with Crippen molar-refractivity contribution in [1.29, 1.82) is 0 Å². The van der Waals surface area contributed by atoms with E-state index in [0.717, 1.165) is 12.2 Å². The molecular formula is C11H22O2S. The van der Waals surface area contributed by atoms with Gasteiger partial charge >= 0.3 is 5.97 Å². The van der Waals surface area contributed by atoms with Crippen molar-refractivity contribution in [3.63, 3.8) is 0 Å². The topological polar surface area (TPSA) is 37.3 Å². The van der Waals surface area contributed by atoms with E-state index in [4.69, 9.17) is 5.11 Å². The van der Waals surface area contributed by atoms with Crippen LogP contribution in [-0.4, -0.2) is 21.6 Å². The molecule has 1 N–H and O–H groups in total. The molecule has 0 heterocycles. The Labute approximate surface area is 91.5 Å². The third kappa shape index (κ3) is 4.89. The molecule has 0 aliphatic rings. The lowest BCUT2D eigenvalue weighted by Gasteiger charge is -2.22. The zero-order valence-electron chi connectivity index (χ0n) is 9.51. The minimum absolute atomic E-state index is 0.577.